The maximum absolute atomic E-state index is 6.06. The normalized spacial score (nSPS) is 21.2. The van der Waals surface area contributed by atoms with E-state index in [1.165, 1.54) is 30.4 Å². The summed E-state index contributed by atoms with van der Waals surface area (Å²) in [5.41, 5.74) is 10.1. The molecule has 23 heavy (non-hydrogen) atoms. The second kappa shape index (κ2) is 7.32. The molecule has 1 fully saturated rings. The van der Waals surface area contributed by atoms with E-state index in [9.17, 15) is 0 Å². The fourth-order valence-corrected chi connectivity index (χ4v) is 3.45. The summed E-state index contributed by atoms with van der Waals surface area (Å²) in [7, 11) is 2.18. The summed E-state index contributed by atoms with van der Waals surface area (Å²) in [4.78, 5) is 9.40. The molecule has 0 aromatic heterocycles. The van der Waals surface area contributed by atoms with Crippen molar-refractivity contribution in [2.75, 3.05) is 45.1 Å². The molecule has 0 saturated carbocycles. The quantitative estimate of drug-likeness (QED) is 0.654. The summed E-state index contributed by atoms with van der Waals surface area (Å²) in [6.07, 6.45) is 3.66. The van der Waals surface area contributed by atoms with E-state index in [1.807, 2.05) is 0 Å². The number of aliphatic imine (C=N–C) groups is 1. The molecule has 0 amide bonds. The Morgan fingerprint density at radius 3 is 2.74 bits per heavy atom. The van der Waals surface area contributed by atoms with E-state index in [1.54, 1.807) is 0 Å². The molecule has 1 saturated heterocycles. The highest BCUT2D eigenvalue weighted by Crippen LogP contribution is 2.24. The number of rotatable bonds is 4. The maximum Gasteiger partial charge on any atom is 0.193 e. The lowest BCUT2D eigenvalue weighted by Gasteiger charge is -2.35. The first kappa shape index (κ1) is 16.3. The second-order valence-electron chi connectivity index (χ2n) is 6.88. The Morgan fingerprint density at radius 2 is 1.96 bits per heavy atom. The van der Waals surface area contributed by atoms with Crippen LogP contribution in [0.15, 0.2) is 23.2 Å². The van der Waals surface area contributed by atoms with Gasteiger partial charge in [0.15, 0.2) is 5.96 Å². The second-order valence-corrected chi connectivity index (χ2v) is 6.88. The molecule has 0 spiro atoms. The van der Waals surface area contributed by atoms with E-state index >= 15 is 0 Å². The highest BCUT2D eigenvalue weighted by Gasteiger charge is 2.18. The summed E-state index contributed by atoms with van der Waals surface area (Å²) < 4.78 is 0. The Morgan fingerprint density at radius 1 is 1.22 bits per heavy atom. The van der Waals surface area contributed by atoms with Crippen molar-refractivity contribution >= 4 is 11.6 Å². The highest BCUT2D eigenvalue weighted by molar-refractivity contribution is 5.92. The van der Waals surface area contributed by atoms with Crippen LogP contribution < -0.4 is 11.1 Å². The fraction of sp³-hybridized carbons (Fsp3) is 0.611. The molecular weight excluding hydrogens is 286 g/mol. The average Bonchev–Trinajstić information content (AvgIpc) is 3.01. The summed E-state index contributed by atoms with van der Waals surface area (Å²) in [5, 5.41) is 3.24. The van der Waals surface area contributed by atoms with Crippen LogP contribution in [0.25, 0.3) is 0 Å². The van der Waals surface area contributed by atoms with Crippen LogP contribution in [0, 0.1) is 0 Å². The van der Waals surface area contributed by atoms with Crippen LogP contribution in [-0.2, 0) is 12.8 Å². The number of nitrogens with two attached hydrogens (primary N) is 1. The lowest BCUT2D eigenvalue weighted by Crippen LogP contribution is -2.49. The molecule has 5 heteroatoms. The van der Waals surface area contributed by atoms with Crippen molar-refractivity contribution in [1.29, 1.82) is 0 Å². The maximum atomic E-state index is 6.06. The molecule has 1 aliphatic heterocycles. The van der Waals surface area contributed by atoms with Crippen molar-refractivity contribution in [1.82, 2.24) is 9.80 Å². The number of nitrogens with one attached hydrogen (secondary N) is 1. The van der Waals surface area contributed by atoms with Gasteiger partial charge in [0.05, 0.1) is 6.54 Å². The average molecular weight is 315 g/mol. The number of hydrogen-bond donors (Lipinski definition) is 2. The molecule has 1 aliphatic carbocycles. The first-order chi connectivity index (χ1) is 11.1. The van der Waals surface area contributed by atoms with Crippen LogP contribution in [0.2, 0.25) is 0 Å². The Hall–Kier alpha value is -1.59. The van der Waals surface area contributed by atoms with Crippen LogP contribution >= 0.6 is 0 Å². The topological polar surface area (TPSA) is 56.9 Å². The number of benzene rings is 1. The van der Waals surface area contributed by atoms with Crippen molar-refractivity contribution in [3.05, 3.63) is 29.3 Å². The zero-order valence-corrected chi connectivity index (χ0v) is 14.4. The number of fused-ring (bicyclic) bond motifs is 1. The molecule has 2 aliphatic rings. The summed E-state index contributed by atoms with van der Waals surface area (Å²) in [6, 6.07) is 6.97. The van der Waals surface area contributed by atoms with Gasteiger partial charge in [0.2, 0.25) is 0 Å². The van der Waals surface area contributed by atoms with Gasteiger partial charge in [-0.1, -0.05) is 6.07 Å². The number of piperazine rings is 1. The van der Waals surface area contributed by atoms with Crippen LogP contribution in [0.5, 0.6) is 0 Å². The lowest BCUT2D eigenvalue weighted by atomic mass is 10.1. The van der Waals surface area contributed by atoms with E-state index in [2.05, 4.69) is 52.3 Å². The number of nitrogens with zero attached hydrogens (tertiary/aromatic N) is 3. The zero-order chi connectivity index (χ0) is 16.2. The molecule has 5 nitrogen and oxygen atoms in total. The van der Waals surface area contributed by atoms with Gasteiger partial charge in [-0.25, -0.2) is 0 Å². The predicted octanol–water partition coefficient (Wildman–Crippen LogP) is 1.54. The van der Waals surface area contributed by atoms with Gasteiger partial charge >= 0.3 is 0 Å². The van der Waals surface area contributed by atoms with E-state index in [0.717, 1.165) is 38.4 Å². The zero-order valence-electron chi connectivity index (χ0n) is 14.4. The number of hydrogen-bond acceptors (Lipinski definition) is 3. The first-order valence-electron chi connectivity index (χ1n) is 8.73. The third-order valence-corrected chi connectivity index (χ3v) is 5.06. The van der Waals surface area contributed by atoms with Gasteiger partial charge in [0, 0.05) is 37.9 Å². The van der Waals surface area contributed by atoms with E-state index in [-0.39, 0.29) is 0 Å². The van der Waals surface area contributed by atoms with Gasteiger partial charge < -0.3 is 16.0 Å². The number of likely N-dealkylation sites (N-methyl/N-ethyl adjacent to an activating group) is 1. The van der Waals surface area contributed by atoms with Crippen molar-refractivity contribution < 1.29 is 0 Å². The Bertz CT molecular complexity index is 561. The number of anilines is 1. The number of guanidine groups is 1. The smallest absolute Gasteiger partial charge is 0.193 e. The highest BCUT2D eigenvalue weighted by atomic mass is 15.3. The Balaban J connectivity index is 1.51. The van der Waals surface area contributed by atoms with Crippen LogP contribution in [0.3, 0.4) is 0 Å². The van der Waals surface area contributed by atoms with E-state index in [0.29, 0.717) is 12.0 Å². The SMILES string of the molecule is CC(CN=C(N)Nc1ccc2c(c1)CCC2)N1CCN(C)CC1. The van der Waals surface area contributed by atoms with Crippen molar-refractivity contribution in [3.8, 4) is 0 Å². The summed E-state index contributed by atoms with van der Waals surface area (Å²) in [5.74, 6) is 0.518. The van der Waals surface area contributed by atoms with Crippen molar-refractivity contribution in [3.63, 3.8) is 0 Å². The molecule has 1 aromatic rings. The minimum absolute atomic E-state index is 0.434. The molecule has 0 radical (unpaired) electrons. The van der Waals surface area contributed by atoms with Crippen LogP contribution in [0.1, 0.15) is 24.5 Å². The van der Waals surface area contributed by atoms with Crippen molar-refractivity contribution in [2.24, 2.45) is 10.7 Å². The van der Waals surface area contributed by atoms with Gasteiger partial charge in [-0.3, -0.25) is 9.89 Å². The minimum atomic E-state index is 0.434. The summed E-state index contributed by atoms with van der Waals surface area (Å²) in [6.45, 7) is 7.48. The van der Waals surface area contributed by atoms with E-state index < -0.39 is 0 Å². The van der Waals surface area contributed by atoms with Gasteiger partial charge in [0.1, 0.15) is 0 Å². The van der Waals surface area contributed by atoms with E-state index in [4.69, 9.17) is 5.73 Å². The lowest BCUT2D eigenvalue weighted by molar-refractivity contribution is 0.122. The van der Waals surface area contributed by atoms with Gasteiger partial charge in [-0.15, -0.1) is 0 Å². The third-order valence-electron chi connectivity index (χ3n) is 5.06. The first-order valence-corrected chi connectivity index (χ1v) is 8.73. The third kappa shape index (κ3) is 4.24. The standard InChI is InChI=1S/C18H29N5/c1-14(23-10-8-22(2)9-11-23)13-20-18(19)21-17-7-6-15-4-3-5-16(15)12-17/h6-7,12,14H,3-5,8-11,13H2,1-2H3,(H3,19,20,21). The molecule has 3 N–H and O–H groups in total. The minimum Gasteiger partial charge on any atom is -0.370 e. The molecule has 3 rings (SSSR count). The fourth-order valence-electron chi connectivity index (χ4n) is 3.45. The number of aryl methyl sites for hydroxylation is 2. The molecule has 1 atom stereocenters. The molecule has 1 heterocycles. The van der Waals surface area contributed by atoms with Gasteiger partial charge in [-0.2, -0.15) is 0 Å². The molecule has 126 valence electrons. The van der Waals surface area contributed by atoms with Crippen molar-refractivity contribution in [2.45, 2.75) is 32.2 Å². The molecule has 0 bridgehead atoms. The predicted molar refractivity (Wildman–Crippen MR) is 97.1 cm³/mol. The van der Waals surface area contributed by atoms with Gasteiger partial charge in [0.25, 0.3) is 0 Å². The Labute approximate surface area is 139 Å². The summed E-state index contributed by atoms with van der Waals surface area (Å²) >= 11 is 0. The molecule has 1 unspecified atom stereocenters. The molecular formula is C18H29N5. The van der Waals surface area contributed by atoms with Crippen LogP contribution in [-0.4, -0.2) is 61.6 Å². The molecule has 1 aromatic carbocycles. The van der Waals surface area contributed by atoms with Gasteiger partial charge in [-0.05, 0) is 56.5 Å². The Kier molecular flexibility index (Phi) is 5.18. The largest absolute Gasteiger partial charge is 0.370 e. The monoisotopic (exact) mass is 315 g/mol. The van der Waals surface area contributed by atoms with Crippen LogP contribution in [0.4, 0.5) is 5.69 Å².